The van der Waals surface area contributed by atoms with Crippen molar-refractivity contribution in [2.75, 3.05) is 7.05 Å². The Morgan fingerprint density at radius 3 is 2.26 bits per heavy atom. The fourth-order valence-electron chi connectivity index (χ4n) is 1.60. The molecule has 19 heavy (non-hydrogen) atoms. The monoisotopic (exact) mass is 284 g/mol. The Morgan fingerprint density at radius 1 is 1.21 bits per heavy atom. The molecule has 0 fully saturated rings. The van der Waals surface area contributed by atoms with Crippen molar-refractivity contribution < 1.29 is 13.2 Å². The van der Waals surface area contributed by atoms with Crippen LogP contribution in [0.4, 0.5) is 0 Å². The molecular weight excluding hydrogens is 264 g/mol. The highest BCUT2D eigenvalue weighted by molar-refractivity contribution is 7.89. The van der Waals surface area contributed by atoms with Gasteiger partial charge in [-0.1, -0.05) is 12.1 Å². The van der Waals surface area contributed by atoms with Crippen LogP contribution in [-0.4, -0.2) is 27.4 Å². The summed E-state index contributed by atoms with van der Waals surface area (Å²) in [5.41, 5.74) is 0.937. The molecule has 106 valence electrons. The van der Waals surface area contributed by atoms with Gasteiger partial charge in [0.1, 0.15) is 0 Å². The summed E-state index contributed by atoms with van der Waals surface area (Å²) < 4.78 is 26.3. The molecule has 0 aliphatic carbocycles. The maximum absolute atomic E-state index is 11.9. The molecule has 0 atom stereocenters. The number of amides is 1. The smallest absolute Gasteiger partial charge is 0.240 e. The van der Waals surface area contributed by atoms with Crippen LogP contribution in [0.3, 0.4) is 0 Å². The van der Waals surface area contributed by atoms with Gasteiger partial charge in [-0.25, -0.2) is 13.1 Å². The van der Waals surface area contributed by atoms with Gasteiger partial charge >= 0.3 is 0 Å². The first kappa shape index (κ1) is 15.7. The van der Waals surface area contributed by atoms with E-state index in [9.17, 15) is 13.2 Å². The highest BCUT2D eigenvalue weighted by atomic mass is 32.2. The topological polar surface area (TPSA) is 75.3 Å². The quantitative estimate of drug-likeness (QED) is 0.820. The van der Waals surface area contributed by atoms with E-state index >= 15 is 0 Å². The summed E-state index contributed by atoms with van der Waals surface area (Å²) >= 11 is 0. The van der Waals surface area contributed by atoms with Gasteiger partial charge in [-0.2, -0.15) is 0 Å². The van der Waals surface area contributed by atoms with Gasteiger partial charge in [0.15, 0.2) is 0 Å². The Labute approximate surface area is 114 Å². The molecule has 0 heterocycles. The van der Waals surface area contributed by atoms with Crippen molar-refractivity contribution in [1.82, 2.24) is 10.0 Å². The predicted molar refractivity (Wildman–Crippen MR) is 74.3 cm³/mol. The van der Waals surface area contributed by atoms with Crippen LogP contribution in [0.2, 0.25) is 0 Å². The Balaban J connectivity index is 2.74. The van der Waals surface area contributed by atoms with Crippen molar-refractivity contribution >= 4 is 15.9 Å². The average molecular weight is 284 g/mol. The molecular formula is C13H20N2O3S. The molecule has 1 amide bonds. The third kappa shape index (κ3) is 5.00. The second-order valence-electron chi connectivity index (χ2n) is 4.59. The van der Waals surface area contributed by atoms with Gasteiger partial charge in [0.2, 0.25) is 15.9 Å². The number of rotatable bonds is 6. The Bertz CT molecular complexity index is 521. The van der Waals surface area contributed by atoms with Gasteiger partial charge in [0.25, 0.3) is 0 Å². The molecule has 0 aliphatic rings. The lowest BCUT2D eigenvalue weighted by atomic mass is 10.1. The number of carbonyl (C=O) groups is 1. The van der Waals surface area contributed by atoms with Gasteiger partial charge in [0, 0.05) is 19.5 Å². The summed E-state index contributed by atoms with van der Waals surface area (Å²) in [7, 11) is -1.85. The minimum atomic E-state index is -3.44. The third-order valence-electron chi connectivity index (χ3n) is 2.54. The second kappa shape index (κ2) is 6.68. The Hall–Kier alpha value is -1.40. The molecule has 0 saturated carbocycles. The summed E-state index contributed by atoms with van der Waals surface area (Å²) in [6.45, 7) is 3.55. The molecule has 2 N–H and O–H groups in total. The number of sulfonamides is 1. The van der Waals surface area contributed by atoms with Gasteiger partial charge < -0.3 is 5.32 Å². The first-order valence-electron chi connectivity index (χ1n) is 6.17. The van der Waals surface area contributed by atoms with E-state index in [2.05, 4.69) is 10.0 Å². The standard InChI is InChI=1S/C13H20N2O3S/c1-10(2)15-19(17,18)12-7-4-11(5-8-12)6-9-13(16)14-3/h4-5,7-8,10,15H,6,9H2,1-3H3,(H,14,16). The van der Waals surface area contributed by atoms with E-state index in [0.29, 0.717) is 12.8 Å². The maximum Gasteiger partial charge on any atom is 0.240 e. The van der Waals surface area contributed by atoms with Crippen molar-refractivity contribution in [2.24, 2.45) is 0 Å². The molecule has 0 unspecified atom stereocenters. The van der Waals surface area contributed by atoms with Gasteiger partial charge in [0.05, 0.1) is 4.90 Å². The molecule has 0 aromatic heterocycles. The van der Waals surface area contributed by atoms with E-state index in [1.54, 1.807) is 45.2 Å². The van der Waals surface area contributed by atoms with Crippen LogP contribution in [0.5, 0.6) is 0 Å². The number of nitrogens with one attached hydrogen (secondary N) is 2. The van der Waals surface area contributed by atoms with Crippen LogP contribution >= 0.6 is 0 Å². The Kier molecular flexibility index (Phi) is 5.50. The highest BCUT2D eigenvalue weighted by Crippen LogP contribution is 2.12. The largest absolute Gasteiger partial charge is 0.359 e. The minimum absolute atomic E-state index is 0.0295. The van der Waals surface area contributed by atoms with E-state index in [4.69, 9.17) is 0 Å². The fraction of sp³-hybridized carbons (Fsp3) is 0.462. The average Bonchev–Trinajstić information content (AvgIpc) is 2.35. The van der Waals surface area contributed by atoms with E-state index < -0.39 is 10.0 Å². The van der Waals surface area contributed by atoms with Crippen molar-refractivity contribution in [1.29, 1.82) is 0 Å². The molecule has 1 aromatic rings. The lowest BCUT2D eigenvalue weighted by molar-refractivity contribution is -0.120. The molecule has 6 heteroatoms. The molecule has 0 radical (unpaired) electrons. The van der Waals surface area contributed by atoms with Gasteiger partial charge in [-0.05, 0) is 38.0 Å². The molecule has 0 bridgehead atoms. The van der Waals surface area contributed by atoms with E-state index in [1.165, 1.54) is 0 Å². The number of aryl methyl sites for hydroxylation is 1. The minimum Gasteiger partial charge on any atom is -0.359 e. The molecule has 0 aliphatic heterocycles. The normalized spacial score (nSPS) is 11.6. The zero-order chi connectivity index (χ0) is 14.5. The van der Waals surface area contributed by atoms with Crippen LogP contribution in [-0.2, 0) is 21.2 Å². The zero-order valence-electron chi connectivity index (χ0n) is 11.4. The van der Waals surface area contributed by atoms with Crippen molar-refractivity contribution in [3.8, 4) is 0 Å². The highest BCUT2D eigenvalue weighted by Gasteiger charge is 2.14. The second-order valence-corrected chi connectivity index (χ2v) is 6.31. The van der Waals surface area contributed by atoms with Crippen LogP contribution < -0.4 is 10.0 Å². The third-order valence-corrected chi connectivity index (χ3v) is 4.22. The fourth-order valence-corrected chi connectivity index (χ4v) is 2.85. The van der Waals surface area contributed by atoms with Crippen LogP contribution in [0.15, 0.2) is 29.2 Å². The van der Waals surface area contributed by atoms with Gasteiger partial charge in [-0.3, -0.25) is 4.79 Å². The predicted octanol–water partition coefficient (Wildman–Crippen LogP) is 1.05. The van der Waals surface area contributed by atoms with Crippen LogP contribution in [0.1, 0.15) is 25.8 Å². The summed E-state index contributed by atoms with van der Waals surface area (Å²) in [6.07, 6.45) is 0.991. The summed E-state index contributed by atoms with van der Waals surface area (Å²) in [4.78, 5) is 11.4. The SMILES string of the molecule is CNC(=O)CCc1ccc(S(=O)(=O)NC(C)C)cc1. The first-order chi connectivity index (χ1) is 8.85. The number of carbonyl (C=O) groups excluding carboxylic acids is 1. The first-order valence-corrected chi connectivity index (χ1v) is 7.65. The number of benzene rings is 1. The van der Waals surface area contributed by atoms with E-state index in [0.717, 1.165) is 5.56 Å². The molecule has 0 spiro atoms. The van der Waals surface area contributed by atoms with Crippen LogP contribution in [0.25, 0.3) is 0 Å². The molecule has 1 aromatic carbocycles. The van der Waals surface area contributed by atoms with Crippen molar-refractivity contribution in [3.63, 3.8) is 0 Å². The van der Waals surface area contributed by atoms with E-state index in [-0.39, 0.29) is 16.8 Å². The molecule has 5 nitrogen and oxygen atoms in total. The molecule has 1 rings (SSSR count). The summed E-state index contributed by atoms with van der Waals surface area (Å²) in [5.74, 6) is -0.0295. The van der Waals surface area contributed by atoms with E-state index in [1.807, 2.05) is 0 Å². The number of hydrogen-bond acceptors (Lipinski definition) is 3. The maximum atomic E-state index is 11.9. The lowest BCUT2D eigenvalue weighted by Gasteiger charge is -2.10. The van der Waals surface area contributed by atoms with Crippen molar-refractivity contribution in [2.45, 2.75) is 37.6 Å². The van der Waals surface area contributed by atoms with Gasteiger partial charge in [-0.15, -0.1) is 0 Å². The number of hydrogen-bond donors (Lipinski definition) is 2. The van der Waals surface area contributed by atoms with Crippen LogP contribution in [0, 0.1) is 0 Å². The molecule has 0 saturated heterocycles. The zero-order valence-corrected chi connectivity index (χ0v) is 12.3. The van der Waals surface area contributed by atoms with Crippen molar-refractivity contribution in [3.05, 3.63) is 29.8 Å². The lowest BCUT2D eigenvalue weighted by Crippen LogP contribution is -2.30. The summed E-state index contributed by atoms with van der Waals surface area (Å²) in [5, 5.41) is 2.55. The summed E-state index contributed by atoms with van der Waals surface area (Å²) in [6, 6.07) is 6.45. The Morgan fingerprint density at radius 2 is 1.79 bits per heavy atom.